The first-order valence-corrected chi connectivity index (χ1v) is 7.49. The predicted molar refractivity (Wildman–Crippen MR) is 84.9 cm³/mol. The third-order valence-corrected chi connectivity index (χ3v) is 4.05. The second-order valence-electron chi connectivity index (χ2n) is 5.75. The highest BCUT2D eigenvalue weighted by molar-refractivity contribution is 5.58. The maximum Gasteiger partial charge on any atom is 0.249 e. The Morgan fingerprint density at radius 2 is 1.95 bits per heavy atom. The second kappa shape index (κ2) is 6.08. The highest BCUT2D eigenvalue weighted by Gasteiger charge is 2.17. The summed E-state index contributed by atoms with van der Waals surface area (Å²) in [5.74, 6) is 2.27. The van der Waals surface area contributed by atoms with Crippen LogP contribution in [0.4, 0.5) is 17.5 Å². The van der Waals surface area contributed by atoms with Crippen LogP contribution in [0.1, 0.15) is 25.3 Å². The van der Waals surface area contributed by atoms with Gasteiger partial charge in [0, 0.05) is 18.8 Å². The zero-order valence-electron chi connectivity index (χ0n) is 12.6. The Hall–Kier alpha value is -2.17. The lowest BCUT2D eigenvalue weighted by Crippen LogP contribution is -2.33. The van der Waals surface area contributed by atoms with E-state index in [0.717, 1.165) is 30.5 Å². The third kappa shape index (κ3) is 3.29. The van der Waals surface area contributed by atoms with Gasteiger partial charge in [-0.15, -0.1) is 5.10 Å². The van der Waals surface area contributed by atoms with E-state index in [4.69, 9.17) is 0 Å². The molecule has 3 rings (SSSR count). The summed E-state index contributed by atoms with van der Waals surface area (Å²) in [4.78, 5) is 6.89. The fraction of sp³-hybridized carbons (Fsp3) is 0.438. The Balaban J connectivity index is 1.76. The molecule has 1 aromatic heterocycles. The highest BCUT2D eigenvalue weighted by Crippen LogP contribution is 2.22. The van der Waals surface area contributed by atoms with E-state index in [-0.39, 0.29) is 0 Å². The van der Waals surface area contributed by atoms with Crippen molar-refractivity contribution in [1.29, 1.82) is 0 Å². The van der Waals surface area contributed by atoms with Crippen LogP contribution in [0.5, 0.6) is 0 Å². The number of piperidine rings is 1. The van der Waals surface area contributed by atoms with Gasteiger partial charge in [-0.05, 0) is 37.3 Å². The summed E-state index contributed by atoms with van der Waals surface area (Å²) in [5.41, 5.74) is 2.18. The molecule has 0 unspecified atom stereocenters. The minimum absolute atomic E-state index is 0.556. The molecule has 1 aliphatic rings. The molecule has 0 atom stereocenters. The quantitative estimate of drug-likeness (QED) is 0.937. The summed E-state index contributed by atoms with van der Waals surface area (Å²) in [6, 6.07) is 8.10. The molecule has 1 aliphatic heterocycles. The molecule has 0 aliphatic carbocycles. The number of benzene rings is 1. The van der Waals surface area contributed by atoms with Gasteiger partial charge in [0.2, 0.25) is 5.95 Å². The SMILES string of the molecule is Cc1ccccc1Nc1nncc(N2CCC(C)CC2)n1. The lowest BCUT2D eigenvalue weighted by molar-refractivity contribution is 0.436. The molecule has 110 valence electrons. The number of hydrogen-bond donors (Lipinski definition) is 1. The molecule has 0 radical (unpaired) electrons. The summed E-state index contributed by atoms with van der Waals surface area (Å²) in [5, 5.41) is 11.4. The van der Waals surface area contributed by atoms with Gasteiger partial charge in [0.1, 0.15) is 0 Å². The van der Waals surface area contributed by atoms with E-state index in [2.05, 4.69) is 45.3 Å². The Labute approximate surface area is 125 Å². The van der Waals surface area contributed by atoms with E-state index in [0.29, 0.717) is 5.95 Å². The van der Waals surface area contributed by atoms with E-state index in [1.165, 1.54) is 18.4 Å². The van der Waals surface area contributed by atoms with E-state index < -0.39 is 0 Å². The Bertz CT molecular complexity index is 605. The molecule has 0 spiro atoms. The summed E-state index contributed by atoms with van der Waals surface area (Å²) < 4.78 is 0. The van der Waals surface area contributed by atoms with Crippen molar-refractivity contribution in [1.82, 2.24) is 15.2 Å². The van der Waals surface area contributed by atoms with Crippen molar-refractivity contribution < 1.29 is 0 Å². The van der Waals surface area contributed by atoms with Gasteiger partial charge in [-0.25, -0.2) is 0 Å². The van der Waals surface area contributed by atoms with Crippen LogP contribution in [0, 0.1) is 12.8 Å². The van der Waals surface area contributed by atoms with Gasteiger partial charge in [0.05, 0.1) is 6.20 Å². The van der Waals surface area contributed by atoms with E-state index in [1.54, 1.807) is 6.20 Å². The van der Waals surface area contributed by atoms with E-state index in [9.17, 15) is 0 Å². The Kier molecular flexibility index (Phi) is 3.99. The fourth-order valence-electron chi connectivity index (χ4n) is 2.57. The van der Waals surface area contributed by atoms with Crippen molar-refractivity contribution in [3.05, 3.63) is 36.0 Å². The van der Waals surface area contributed by atoms with Gasteiger partial charge in [-0.3, -0.25) is 0 Å². The molecule has 21 heavy (non-hydrogen) atoms. The van der Waals surface area contributed by atoms with Crippen LogP contribution in [0.25, 0.3) is 0 Å². The van der Waals surface area contributed by atoms with Crippen molar-refractivity contribution in [2.75, 3.05) is 23.3 Å². The first-order valence-electron chi connectivity index (χ1n) is 7.49. The number of rotatable bonds is 3. The molecule has 1 N–H and O–H groups in total. The minimum atomic E-state index is 0.556. The van der Waals surface area contributed by atoms with Crippen LogP contribution < -0.4 is 10.2 Å². The fourth-order valence-corrected chi connectivity index (χ4v) is 2.57. The van der Waals surface area contributed by atoms with Crippen LogP contribution in [0.2, 0.25) is 0 Å². The largest absolute Gasteiger partial charge is 0.355 e. The molecular weight excluding hydrogens is 262 g/mol. The second-order valence-corrected chi connectivity index (χ2v) is 5.75. The van der Waals surface area contributed by atoms with Gasteiger partial charge in [-0.2, -0.15) is 10.1 Å². The van der Waals surface area contributed by atoms with Crippen molar-refractivity contribution in [2.24, 2.45) is 5.92 Å². The van der Waals surface area contributed by atoms with Gasteiger partial charge in [0.25, 0.3) is 0 Å². The first-order chi connectivity index (χ1) is 10.2. The monoisotopic (exact) mass is 283 g/mol. The molecular formula is C16H21N5. The van der Waals surface area contributed by atoms with Crippen LogP contribution in [0.15, 0.2) is 30.5 Å². The van der Waals surface area contributed by atoms with Gasteiger partial charge in [-0.1, -0.05) is 25.1 Å². The first kappa shape index (κ1) is 13.8. The zero-order chi connectivity index (χ0) is 14.7. The summed E-state index contributed by atoms with van der Waals surface area (Å²) in [6.45, 7) is 6.46. The number of nitrogens with one attached hydrogen (secondary N) is 1. The van der Waals surface area contributed by atoms with Crippen molar-refractivity contribution >= 4 is 17.5 Å². The van der Waals surface area contributed by atoms with E-state index in [1.807, 2.05) is 18.2 Å². The average molecular weight is 283 g/mol. The summed E-state index contributed by atoms with van der Waals surface area (Å²) >= 11 is 0. The Morgan fingerprint density at radius 1 is 1.19 bits per heavy atom. The van der Waals surface area contributed by atoms with Gasteiger partial charge >= 0.3 is 0 Å². The molecule has 0 saturated carbocycles. The van der Waals surface area contributed by atoms with Crippen LogP contribution >= 0.6 is 0 Å². The lowest BCUT2D eigenvalue weighted by atomic mass is 9.99. The molecule has 5 nitrogen and oxygen atoms in total. The number of aryl methyl sites for hydroxylation is 1. The molecule has 0 amide bonds. The molecule has 1 saturated heterocycles. The molecule has 2 aromatic rings. The molecule has 1 fully saturated rings. The standard InChI is InChI=1S/C16H21N5/c1-12-7-9-21(10-8-12)15-11-17-20-16(19-15)18-14-6-4-3-5-13(14)2/h3-6,11-12H,7-10H2,1-2H3,(H,18,19,20). The maximum atomic E-state index is 4.60. The van der Waals surface area contributed by atoms with Crippen LogP contribution in [-0.4, -0.2) is 28.3 Å². The third-order valence-electron chi connectivity index (χ3n) is 4.05. The Morgan fingerprint density at radius 3 is 2.71 bits per heavy atom. The number of nitrogens with zero attached hydrogens (tertiary/aromatic N) is 4. The maximum absolute atomic E-state index is 4.60. The van der Waals surface area contributed by atoms with Crippen LogP contribution in [-0.2, 0) is 0 Å². The number of aromatic nitrogens is 3. The minimum Gasteiger partial charge on any atom is -0.355 e. The number of anilines is 3. The van der Waals surface area contributed by atoms with Gasteiger partial charge < -0.3 is 10.2 Å². The van der Waals surface area contributed by atoms with Crippen molar-refractivity contribution in [3.8, 4) is 0 Å². The normalized spacial score (nSPS) is 16.0. The molecule has 0 bridgehead atoms. The lowest BCUT2D eigenvalue weighted by Gasteiger charge is -2.30. The number of para-hydroxylation sites is 1. The molecule has 5 heteroatoms. The summed E-state index contributed by atoms with van der Waals surface area (Å²) in [6.07, 6.45) is 4.17. The summed E-state index contributed by atoms with van der Waals surface area (Å²) in [7, 11) is 0. The average Bonchev–Trinajstić information content (AvgIpc) is 2.51. The number of hydrogen-bond acceptors (Lipinski definition) is 5. The van der Waals surface area contributed by atoms with E-state index >= 15 is 0 Å². The topological polar surface area (TPSA) is 53.9 Å². The van der Waals surface area contributed by atoms with Crippen LogP contribution in [0.3, 0.4) is 0 Å². The van der Waals surface area contributed by atoms with Crippen molar-refractivity contribution in [3.63, 3.8) is 0 Å². The zero-order valence-corrected chi connectivity index (χ0v) is 12.6. The smallest absolute Gasteiger partial charge is 0.249 e. The van der Waals surface area contributed by atoms with Crippen molar-refractivity contribution in [2.45, 2.75) is 26.7 Å². The highest BCUT2D eigenvalue weighted by atomic mass is 15.3. The molecule has 2 heterocycles. The predicted octanol–water partition coefficient (Wildman–Crippen LogP) is 3.16. The molecule has 1 aromatic carbocycles. The van der Waals surface area contributed by atoms with Gasteiger partial charge in [0.15, 0.2) is 5.82 Å².